The number of rotatable bonds is 2. The molecular formula is C13H10BrFN2O. The van der Waals surface area contributed by atoms with E-state index in [0.29, 0.717) is 5.56 Å². The Kier molecular flexibility index (Phi) is 3.72. The molecule has 5 heteroatoms. The Labute approximate surface area is 112 Å². The van der Waals surface area contributed by atoms with Crippen LogP contribution in [0.25, 0.3) is 0 Å². The Balaban J connectivity index is 2.24. The number of nitrogens with one attached hydrogen (secondary N) is 1. The zero-order valence-electron chi connectivity index (χ0n) is 9.58. The van der Waals surface area contributed by atoms with Crippen molar-refractivity contribution in [3.8, 4) is 0 Å². The number of carbonyl (C=O) groups is 1. The van der Waals surface area contributed by atoms with Gasteiger partial charge in [-0.2, -0.15) is 0 Å². The molecule has 0 aliphatic carbocycles. The molecule has 1 aromatic heterocycles. The second-order valence-corrected chi connectivity index (χ2v) is 4.66. The quantitative estimate of drug-likeness (QED) is 0.922. The van der Waals surface area contributed by atoms with Crippen LogP contribution in [-0.4, -0.2) is 10.9 Å². The van der Waals surface area contributed by atoms with Crippen LogP contribution in [-0.2, 0) is 0 Å². The molecular weight excluding hydrogens is 299 g/mol. The van der Waals surface area contributed by atoms with Gasteiger partial charge in [0.2, 0.25) is 0 Å². The van der Waals surface area contributed by atoms with Crippen LogP contribution >= 0.6 is 15.9 Å². The van der Waals surface area contributed by atoms with E-state index in [-0.39, 0.29) is 11.4 Å². The van der Waals surface area contributed by atoms with Gasteiger partial charge in [0.25, 0.3) is 5.91 Å². The van der Waals surface area contributed by atoms with Gasteiger partial charge in [-0.05, 0) is 46.6 Å². The summed E-state index contributed by atoms with van der Waals surface area (Å²) in [4.78, 5) is 15.8. The van der Waals surface area contributed by atoms with Crippen molar-refractivity contribution in [2.75, 3.05) is 5.32 Å². The van der Waals surface area contributed by atoms with Crippen LogP contribution in [0.15, 0.2) is 41.0 Å². The van der Waals surface area contributed by atoms with Crippen molar-refractivity contribution >= 4 is 27.5 Å². The molecule has 18 heavy (non-hydrogen) atoms. The Bertz CT molecular complexity index is 564. The highest BCUT2D eigenvalue weighted by atomic mass is 79.9. The highest BCUT2D eigenvalue weighted by Crippen LogP contribution is 2.19. The largest absolute Gasteiger partial charge is 0.318 e. The zero-order chi connectivity index (χ0) is 13.1. The van der Waals surface area contributed by atoms with E-state index in [1.807, 2.05) is 0 Å². The first-order valence-corrected chi connectivity index (χ1v) is 6.05. The molecule has 0 aliphatic rings. The van der Waals surface area contributed by atoms with Crippen molar-refractivity contribution in [3.63, 3.8) is 0 Å². The maximum atomic E-state index is 13.5. The number of carbonyl (C=O) groups excluding carboxylic acids is 1. The monoisotopic (exact) mass is 308 g/mol. The molecule has 0 fully saturated rings. The van der Waals surface area contributed by atoms with Gasteiger partial charge < -0.3 is 5.32 Å². The van der Waals surface area contributed by atoms with E-state index in [9.17, 15) is 9.18 Å². The van der Waals surface area contributed by atoms with Crippen LogP contribution < -0.4 is 5.32 Å². The van der Waals surface area contributed by atoms with Crippen LogP contribution in [0.2, 0.25) is 0 Å². The van der Waals surface area contributed by atoms with Gasteiger partial charge in [-0.15, -0.1) is 0 Å². The highest BCUT2D eigenvalue weighted by Gasteiger charge is 2.12. The molecule has 0 unspecified atom stereocenters. The summed E-state index contributed by atoms with van der Waals surface area (Å²) in [5, 5.41) is 2.52. The molecule has 0 radical (unpaired) electrons. The molecule has 2 rings (SSSR count). The first-order chi connectivity index (χ1) is 8.58. The molecule has 3 nitrogen and oxygen atoms in total. The molecule has 0 bridgehead atoms. The first-order valence-electron chi connectivity index (χ1n) is 5.26. The highest BCUT2D eigenvalue weighted by molar-refractivity contribution is 9.10. The summed E-state index contributed by atoms with van der Waals surface area (Å²) < 4.78 is 14.3. The maximum Gasteiger partial charge on any atom is 0.274 e. The molecule has 1 aromatic carbocycles. The molecule has 0 spiro atoms. The third-order valence-electron chi connectivity index (χ3n) is 2.42. The topological polar surface area (TPSA) is 42.0 Å². The number of halogens is 2. The Hall–Kier alpha value is -1.75. The van der Waals surface area contributed by atoms with E-state index >= 15 is 0 Å². The third-order valence-corrected chi connectivity index (χ3v) is 2.89. The second-order valence-electron chi connectivity index (χ2n) is 3.75. The average Bonchev–Trinajstić information content (AvgIpc) is 2.34. The van der Waals surface area contributed by atoms with Crippen LogP contribution in [0.1, 0.15) is 16.1 Å². The zero-order valence-corrected chi connectivity index (χ0v) is 11.2. The fraction of sp³-hybridized carbons (Fsp3) is 0.0769. The van der Waals surface area contributed by atoms with E-state index < -0.39 is 11.7 Å². The lowest BCUT2D eigenvalue weighted by atomic mass is 10.2. The summed E-state index contributed by atoms with van der Waals surface area (Å²) in [6.45, 7) is 1.73. The number of anilines is 1. The van der Waals surface area contributed by atoms with E-state index in [2.05, 4.69) is 26.2 Å². The molecule has 0 saturated carbocycles. The Morgan fingerprint density at radius 1 is 1.33 bits per heavy atom. The first kappa shape index (κ1) is 12.7. The van der Waals surface area contributed by atoms with E-state index in [4.69, 9.17) is 0 Å². The van der Waals surface area contributed by atoms with E-state index in [1.54, 1.807) is 31.2 Å². The lowest BCUT2D eigenvalue weighted by Crippen LogP contribution is -2.15. The van der Waals surface area contributed by atoms with Gasteiger partial charge in [-0.3, -0.25) is 4.79 Å². The number of nitrogens with zero attached hydrogens (tertiary/aromatic N) is 1. The molecule has 1 amide bonds. The summed E-state index contributed by atoms with van der Waals surface area (Å²) in [7, 11) is 0. The van der Waals surface area contributed by atoms with Crippen molar-refractivity contribution in [2.45, 2.75) is 6.92 Å². The van der Waals surface area contributed by atoms with Crippen molar-refractivity contribution in [3.05, 3.63) is 58.1 Å². The average molecular weight is 309 g/mol. The van der Waals surface area contributed by atoms with Crippen molar-refractivity contribution < 1.29 is 9.18 Å². The fourth-order valence-electron chi connectivity index (χ4n) is 1.48. The molecule has 1 heterocycles. The fourth-order valence-corrected chi connectivity index (χ4v) is 1.71. The van der Waals surface area contributed by atoms with Gasteiger partial charge in [0, 0.05) is 10.7 Å². The Morgan fingerprint density at radius 3 is 2.72 bits per heavy atom. The number of pyridine rings is 1. The van der Waals surface area contributed by atoms with Crippen molar-refractivity contribution in [1.82, 2.24) is 4.98 Å². The van der Waals surface area contributed by atoms with Gasteiger partial charge in [-0.25, -0.2) is 9.37 Å². The third kappa shape index (κ3) is 2.73. The predicted octanol–water partition coefficient (Wildman–Crippen LogP) is 3.54. The van der Waals surface area contributed by atoms with Gasteiger partial charge in [0.15, 0.2) is 0 Å². The number of hydrogen-bond donors (Lipinski definition) is 1. The summed E-state index contributed by atoms with van der Waals surface area (Å²) in [5.74, 6) is -0.892. The summed E-state index contributed by atoms with van der Waals surface area (Å²) in [6, 6.07) is 7.90. The number of benzene rings is 1. The standard InChI is InChI=1S/C13H10BrFN2O/c1-8-3-2-4-10(15)12(8)17-13(18)11-6-5-9(14)7-16-11/h2-7H,1H3,(H,17,18). The van der Waals surface area contributed by atoms with Gasteiger partial charge in [0.05, 0.1) is 5.69 Å². The predicted molar refractivity (Wildman–Crippen MR) is 71.0 cm³/mol. The Morgan fingerprint density at radius 2 is 2.11 bits per heavy atom. The van der Waals surface area contributed by atoms with Gasteiger partial charge >= 0.3 is 0 Å². The lowest BCUT2D eigenvalue weighted by Gasteiger charge is -2.08. The normalized spacial score (nSPS) is 10.2. The molecule has 0 atom stereocenters. The number of aryl methyl sites for hydroxylation is 1. The maximum absolute atomic E-state index is 13.5. The second kappa shape index (κ2) is 5.27. The minimum atomic E-state index is -0.458. The smallest absolute Gasteiger partial charge is 0.274 e. The van der Waals surface area contributed by atoms with E-state index in [0.717, 1.165) is 4.47 Å². The summed E-state index contributed by atoms with van der Waals surface area (Å²) in [6.07, 6.45) is 1.52. The van der Waals surface area contributed by atoms with Crippen molar-refractivity contribution in [2.24, 2.45) is 0 Å². The van der Waals surface area contributed by atoms with Crippen molar-refractivity contribution in [1.29, 1.82) is 0 Å². The van der Waals surface area contributed by atoms with Crippen LogP contribution in [0.4, 0.5) is 10.1 Å². The number of para-hydroxylation sites is 1. The van der Waals surface area contributed by atoms with Crippen LogP contribution in [0.5, 0.6) is 0 Å². The number of amides is 1. The van der Waals surface area contributed by atoms with Gasteiger partial charge in [0.1, 0.15) is 11.5 Å². The van der Waals surface area contributed by atoms with E-state index in [1.165, 1.54) is 12.3 Å². The molecule has 0 saturated heterocycles. The molecule has 0 aliphatic heterocycles. The molecule has 2 aromatic rings. The number of hydrogen-bond acceptors (Lipinski definition) is 2. The minimum Gasteiger partial charge on any atom is -0.318 e. The SMILES string of the molecule is Cc1cccc(F)c1NC(=O)c1ccc(Br)cn1. The minimum absolute atomic E-state index is 0.187. The summed E-state index contributed by atoms with van der Waals surface area (Å²) >= 11 is 3.23. The number of aromatic nitrogens is 1. The van der Waals surface area contributed by atoms with Gasteiger partial charge in [-0.1, -0.05) is 12.1 Å². The lowest BCUT2D eigenvalue weighted by molar-refractivity contribution is 0.102. The summed E-state index contributed by atoms with van der Waals surface area (Å²) in [5.41, 5.74) is 1.09. The molecule has 92 valence electrons. The van der Waals surface area contributed by atoms with Crippen LogP contribution in [0, 0.1) is 12.7 Å². The molecule has 1 N–H and O–H groups in total. The van der Waals surface area contributed by atoms with Crippen LogP contribution in [0.3, 0.4) is 0 Å².